The molecule has 1 aliphatic heterocycles. The number of carbonyl (C=O) groups is 2. The molecule has 1 aromatic heterocycles. The summed E-state index contributed by atoms with van der Waals surface area (Å²) in [5, 5.41) is 3.73. The van der Waals surface area contributed by atoms with Crippen molar-refractivity contribution in [2.45, 2.75) is 25.9 Å². The van der Waals surface area contributed by atoms with Gasteiger partial charge in [-0.1, -0.05) is 12.1 Å². The van der Waals surface area contributed by atoms with Crippen LogP contribution in [0.3, 0.4) is 0 Å². The fourth-order valence-electron chi connectivity index (χ4n) is 1.93. The summed E-state index contributed by atoms with van der Waals surface area (Å²) in [6.45, 7) is 4.28. The second kappa shape index (κ2) is 5.00. The van der Waals surface area contributed by atoms with Gasteiger partial charge in [0.25, 0.3) is 11.8 Å². The van der Waals surface area contributed by atoms with Crippen molar-refractivity contribution in [2.24, 2.45) is 5.73 Å². The van der Waals surface area contributed by atoms with Gasteiger partial charge in [-0.15, -0.1) is 0 Å². The van der Waals surface area contributed by atoms with Crippen molar-refractivity contribution in [2.75, 3.05) is 19.7 Å². The summed E-state index contributed by atoms with van der Waals surface area (Å²) in [4.78, 5) is 25.1. The predicted octanol–water partition coefficient (Wildman–Crippen LogP) is -0.0466. The Bertz CT molecular complexity index is 499. The van der Waals surface area contributed by atoms with E-state index in [1.165, 1.54) is 4.90 Å². The molecule has 0 aliphatic carbocycles. The average Bonchev–Trinajstić information content (AvgIpc) is 2.86. The van der Waals surface area contributed by atoms with Gasteiger partial charge in [-0.2, -0.15) is 0 Å². The molecule has 1 aromatic rings. The topological polar surface area (TPSA) is 98.7 Å². The summed E-state index contributed by atoms with van der Waals surface area (Å²) < 4.78 is 10.4. The first-order valence-electron chi connectivity index (χ1n) is 6.15. The third-order valence-corrected chi connectivity index (χ3v) is 3.21. The number of rotatable bonds is 3. The van der Waals surface area contributed by atoms with Crippen LogP contribution in [0.2, 0.25) is 0 Å². The van der Waals surface area contributed by atoms with Crippen LogP contribution in [0.15, 0.2) is 10.6 Å². The summed E-state index contributed by atoms with van der Waals surface area (Å²) in [7, 11) is 0. The molecule has 1 aliphatic rings. The van der Waals surface area contributed by atoms with Crippen molar-refractivity contribution < 1.29 is 18.8 Å². The molecule has 2 heterocycles. The number of ether oxygens (including phenoxy) is 1. The lowest BCUT2D eigenvalue weighted by molar-refractivity contribution is -0.150. The number of aryl methyl sites for hydroxylation is 1. The van der Waals surface area contributed by atoms with Crippen LogP contribution in [0.5, 0.6) is 0 Å². The Morgan fingerprint density at radius 3 is 2.89 bits per heavy atom. The molecule has 0 unspecified atom stereocenters. The van der Waals surface area contributed by atoms with Gasteiger partial charge in [0.1, 0.15) is 5.76 Å². The van der Waals surface area contributed by atoms with E-state index in [1.54, 1.807) is 13.0 Å². The molecule has 0 bridgehead atoms. The molecular weight excluding hydrogens is 250 g/mol. The Kier molecular flexibility index (Phi) is 3.57. The van der Waals surface area contributed by atoms with Crippen molar-refractivity contribution in [3.05, 3.63) is 17.5 Å². The minimum absolute atomic E-state index is 0.121. The van der Waals surface area contributed by atoms with Crippen molar-refractivity contribution in [1.82, 2.24) is 10.1 Å². The summed E-state index contributed by atoms with van der Waals surface area (Å²) in [6, 6.07) is 1.61. The molecule has 2 amide bonds. The normalized spacial score (nSPS) is 23.4. The van der Waals surface area contributed by atoms with E-state index < -0.39 is 11.5 Å². The van der Waals surface area contributed by atoms with Crippen molar-refractivity contribution >= 4 is 11.8 Å². The Morgan fingerprint density at radius 1 is 1.58 bits per heavy atom. The van der Waals surface area contributed by atoms with Crippen molar-refractivity contribution in [1.29, 1.82) is 0 Å². The molecule has 0 saturated carbocycles. The van der Waals surface area contributed by atoms with E-state index >= 15 is 0 Å². The van der Waals surface area contributed by atoms with E-state index in [-0.39, 0.29) is 24.8 Å². The number of morpholine rings is 1. The Balaban J connectivity index is 2.13. The number of hydrogen-bond donors (Lipinski definition) is 1. The molecule has 2 rings (SSSR count). The first-order valence-corrected chi connectivity index (χ1v) is 6.15. The van der Waals surface area contributed by atoms with Gasteiger partial charge in [0, 0.05) is 19.0 Å². The van der Waals surface area contributed by atoms with E-state index in [4.69, 9.17) is 15.0 Å². The molecular formula is C12H17N3O4. The molecule has 2 N–H and O–H groups in total. The van der Waals surface area contributed by atoms with Gasteiger partial charge in [0.2, 0.25) is 0 Å². The first-order chi connectivity index (χ1) is 8.96. The van der Waals surface area contributed by atoms with Gasteiger partial charge in [0.05, 0.1) is 13.2 Å². The number of nitrogens with zero attached hydrogens (tertiary/aromatic N) is 2. The summed E-state index contributed by atoms with van der Waals surface area (Å²) in [5.41, 5.74) is 4.39. The molecule has 7 heteroatoms. The molecule has 104 valence electrons. The maximum Gasteiger partial charge on any atom is 0.276 e. The molecule has 1 atom stereocenters. The smallest absolute Gasteiger partial charge is 0.276 e. The predicted molar refractivity (Wildman–Crippen MR) is 65.3 cm³/mol. The third kappa shape index (κ3) is 2.60. The lowest BCUT2D eigenvalue weighted by Crippen LogP contribution is -2.58. The lowest BCUT2D eigenvalue weighted by Gasteiger charge is -2.37. The molecule has 19 heavy (non-hydrogen) atoms. The summed E-state index contributed by atoms with van der Waals surface area (Å²) in [6.07, 6.45) is 0.669. The van der Waals surface area contributed by atoms with Crippen LogP contribution >= 0.6 is 0 Å². The van der Waals surface area contributed by atoms with Gasteiger partial charge < -0.3 is 19.9 Å². The number of primary amides is 1. The first kappa shape index (κ1) is 13.5. The lowest BCUT2D eigenvalue weighted by atomic mass is 10.0. The Hall–Kier alpha value is -1.89. The van der Waals surface area contributed by atoms with Gasteiger partial charge in [-0.3, -0.25) is 9.59 Å². The van der Waals surface area contributed by atoms with Crippen LogP contribution in [0.1, 0.15) is 30.1 Å². The van der Waals surface area contributed by atoms with Crippen LogP contribution < -0.4 is 5.73 Å². The standard InChI is InChI=1S/C12H17N3O4/c1-3-8-6-9(14-19-8)10(16)15-4-5-18-12(2,7-15)11(13)17/h6H,3-5,7H2,1-2H3,(H2,13,17)/t12-/m1/s1. The van der Waals surface area contributed by atoms with Crippen LogP contribution in [0.4, 0.5) is 0 Å². The van der Waals surface area contributed by atoms with E-state index in [9.17, 15) is 9.59 Å². The second-order valence-corrected chi connectivity index (χ2v) is 4.70. The minimum Gasteiger partial charge on any atom is -0.367 e. The Morgan fingerprint density at radius 2 is 2.32 bits per heavy atom. The zero-order valence-electron chi connectivity index (χ0n) is 11.0. The van der Waals surface area contributed by atoms with Gasteiger partial charge >= 0.3 is 0 Å². The van der Waals surface area contributed by atoms with E-state index in [0.717, 1.165) is 0 Å². The van der Waals surface area contributed by atoms with Gasteiger partial charge in [0.15, 0.2) is 11.3 Å². The molecule has 0 spiro atoms. The number of hydrogen-bond acceptors (Lipinski definition) is 5. The highest BCUT2D eigenvalue weighted by Gasteiger charge is 2.39. The van der Waals surface area contributed by atoms with E-state index in [2.05, 4.69) is 5.16 Å². The fourth-order valence-corrected chi connectivity index (χ4v) is 1.93. The minimum atomic E-state index is -1.15. The largest absolute Gasteiger partial charge is 0.367 e. The highest BCUT2D eigenvalue weighted by Crippen LogP contribution is 2.19. The SMILES string of the molecule is CCc1cc(C(=O)N2CCO[C@@](C)(C(N)=O)C2)no1. The zero-order valence-corrected chi connectivity index (χ0v) is 11.0. The fraction of sp³-hybridized carbons (Fsp3) is 0.583. The average molecular weight is 267 g/mol. The van der Waals surface area contributed by atoms with E-state index in [0.29, 0.717) is 18.7 Å². The molecule has 1 fully saturated rings. The quantitative estimate of drug-likeness (QED) is 0.828. The van der Waals surface area contributed by atoms with Crippen LogP contribution in [0.25, 0.3) is 0 Å². The Labute approximate surface area is 110 Å². The van der Waals surface area contributed by atoms with Crippen LogP contribution in [-0.2, 0) is 16.0 Å². The number of nitrogens with two attached hydrogens (primary N) is 1. The van der Waals surface area contributed by atoms with Gasteiger partial charge in [-0.25, -0.2) is 0 Å². The van der Waals surface area contributed by atoms with Crippen LogP contribution in [-0.4, -0.2) is 47.2 Å². The molecule has 7 nitrogen and oxygen atoms in total. The highest BCUT2D eigenvalue weighted by molar-refractivity contribution is 5.93. The third-order valence-electron chi connectivity index (χ3n) is 3.21. The second-order valence-electron chi connectivity index (χ2n) is 4.70. The number of amides is 2. The van der Waals surface area contributed by atoms with Gasteiger partial charge in [-0.05, 0) is 6.92 Å². The maximum atomic E-state index is 12.2. The molecule has 0 radical (unpaired) electrons. The molecule has 1 saturated heterocycles. The highest BCUT2D eigenvalue weighted by atomic mass is 16.5. The summed E-state index contributed by atoms with van der Waals surface area (Å²) in [5.74, 6) is -0.215. The maximum absolute atomic E-state index is 12.2. The van der Waals surface area contributed by atoms with Crippen LogP contribution in [0, 0.1) is 0 Å². The van der Waals surface area contributed by atoms with Crippen molar-refractivity contribution in [3.63, 3.8) is 0 Å². The zero-order chi connectivity index (χ0) is 14.0. The molecule has 0 aromatic carbocycles. The number of carbonyl (C=O) groups excluding carboxylic acids is 2. The summed E-state index contributed by atoms with van der Waals surface area (Å²) >= 11 is 0. The van der Waals surface area contributed by atoms with Crippen molar-refractivity contribution in [3.8, 4) is 0 Å². The monoisotopic (exact) mass is 267 g/mol. The van der Waals surface area contributed by atoms with E-state index in [1.807, 2.05) is 6.92 Å². The number of aromatic nitrogens is 1.